The molecular formula is C18H21N5O2S2. The van der Waals surface area contributed by atoms with Gasteiger partial charge in [-0.15, -0.1) is 33.3 Å². The average Bonchev–Trinajstić information content (AvgIpc) is 3.06. The minimum atomic E-state index is -0.208. The fourth-order valence-electron chi connectivity index (χ4n) is 3.87. The van der Waals surface area contributed by atoms with Crippen LogP contribution in [-0.2, 0) is 22.5 Å². The van der Waals surface area contributed by atoms with Gasteiger partial charge in [-0.25, -0.2) is 4.98 Å². The highest BCUT2D eigenvalue weighted by atomic mass is 32.2. The lowest BCUT2D eigenvalue weighted by atomic mass is 9.90. The molecule has 2 aliphatic heterocycles. The highest BCUT2D eigenvalue weighted by molar-refractivity contribution is 7.98. The molecule has 5 heterocycles. The average molecular weight is 404 g/mol. The topological polar surface area (TPSA) is 73.3 Å². The van der Waals surface area contributed by atoms with E-state index in [1.54, 1.807) is 23.1 Å². The zero-order valence-corrected chi connectivity index (χ0v) is 17.2. The van der Waals surface area contributed by atoms with Crippen molar-refractivity contribution in [3.63, 3.8) is 0 Å². The summed E-state index contributed by atoms with van der Waals surface area (Å²) in [7, 11) is 0. The fourth-order valence-corrected chi connectivity index (χ4v) is 5.66. The van der Waals surface area contributed by atoms with Gasteiger partial charge in [0, 0.05) is 30.5 Å². The van der Waals surface area contributed by atoms with Crippen LogP contribution in [0.1, 0.15) is 25.0 Å². The molecule has 0 radical (unpaired) electrons. The summed E-state index contributed by atoms with van der Waals surface area (Å²) in [5, 5.41) is 14.6. The van der Waals surface area contributed by atoms with Crippen molar-refractivity contribution in [2.75, 3.05) is 37.5 Å². The van der Waals surface area contributed by atoms with Gasteiger partial charge >= 0.3 is 0 Å². The SMILES string of the molecule is CSc1nnnc2c1sc1nc(N3CCOCC3)c3c(c12)CC(C)(C)OC3. The Bertz CT molecular complexity index is 1030. The van der Waals surface area contributed by atoms with Crippen LogP contribution in [0.5, 0.6) is 0 Å². The largest absolute Gasteiger partial charge is 0.378 e. The van der Waals surface area contributed by atoms with E-state index in [2.05, 4.69) is 34.2 Å². The van der Waals surface area contributed by atoms with E-state index in [9.17, 15) is 0 Å². The van der Waals surface area contributed by atoms with Gasteiger partial charge in [-0.2, -0.15) is 0 Å². The molecule has 0 aliphatic carbocycles. The van der Waals surface area contributed by atoms with Gasteiger partial charge in [0.2, 0.25) is 0 Å². The Morgan fingerprint density at radius 3 is 2.74 bits per heavy atom. The number of morpholine rings is 1. The Morgan fingerprint density at radius 1 is 1.15 bits per heavy atom. The second kappa shape index (κ2) is 6.51. The molecule has 27 heavy (non-hydrogen) atoms. The molecular weight excluding hydrogens is 382 g/mol. The van der Waals surface area contributed by atoms with E-state index in [4.69, 9.17) is 14.5 Å². The number of thiophene rings is 1. The van der Waals surface area contributed by atoms with E-state index in [-0.39, 0.29) is 5.60 Å². The third-order valence-electron chi connectivity index (χ3n) is 5.20. The zero-order valence-electron chi connectivity index (χ0n) is 15.6. The van der Waals surface area contributed by atoms with Crippen molar-refractivity contribution in [2.45, 2.75) is 37.5 Å². The molecule has 9 heteroatoms. The first-order chi connectivity index (χ1) is 13.1. The maximum atomic E-state index is 6.16. The van der Waals surface area contributed by atoms with Gasteiger partial charge in [-0.1, -0.05) is 0 Å². The lowest BCUT2D eigenvalue weighted by molar-refractivity contribution is -0.0396. The summed E-state index contributed by atoms with van der Waals surface area (Å²) in [5.41, 5.74) is 3.20. The highest BCUT2D eigenvalue weighted by Crippen LogP contribution is 2.44. The van der Waals surface area contributed by atoms with Crippen LogP contribution < -0.4 is 4.90 Å². The molecule has 0 bridgehead atoms. The second-order valence-electron chi connectivity index (χ2n) is 7.48. The predicted octanol–water partition coefficient (Wildman–Crippen LogP) is 3.04. The van der Waals surface area contributed by atoms with Gasteiger partial charge in [-0.3, -0.25) is 0 Å². The molecule has 0 spiro atoms. The molecule has 0 atom stereocenters. The lowest BCUT2D eigenvalue weighted by Gasteiger charge is -2.36. The van der Waals surface area contributed by atoms with Gasteiger partial charge in [0.05, 0.1) is 30.1 Å². The summed E-state index contributed by atoms with van der Waals surface area (Å²) >= 11 is 3.27. The molecule has 142 valence electrons. The molecule has 1 fully saturated rings. The molecule has 0 saturated carbocycles. The van der Waals surface area contributed by atoms with Crippen molar-refractivity contribution in [1.29, 1.82) is 0 Å². The third-order valence-corrected chi connectivity index (χ3v) is 7.08. The summed E-state index contributed by atoms with van der Waals surface area (Å²) in [6.07, 6.45) is 2.86. The Balaban J connectivity index is 1.81. The molecule has 3 aromatic heterocycles. The Morgan fingerprint density at radius 2 is 1.96 bits per heavy atom. The number of hydrogen-bond donors (Lipinski definition) is 0. The summed E-state index contributed by atoms with van der Waals surface area (Å²) in [6.45, 7) is 8.05. The van der Waals surface area contributed by atoms with Crippen LogP contribution in [0.25, 0.3) is 20.4 Å². The summed E-state index contributed by atoms with van der Waals surface area (Å²) in [5.74, 6) is 1.04. The van der Waals surface area contributed by atoms with Crippen molar-refractivity contribution in [2.24, 2.45) is 0 Å². The molecule has 2 aliphatic rings. The first-order valence-electron chi connectivity index (χ1n) is 9.05. The van der Waals surface area contributed by atoms with E-state index in [0.717, 1.165) is 64.0 Å². The number of aromatic nitrogens is 4. The minimum absolute atomic E-state index is 0.208. The number of rotatable bonds is 2. The van der Waals surface area contributed by atoms with Gasteiger partial charge in [-0.05, 0) is 30.9 Å². The van der Waals surface area contributed by atoms with Crippen molar-refractivity contribution < 1.29 is 9.47 Å². The highest BCUT2D eigenvalue weighted by Gasteiger charge is 2.33. The molecule has 3 aromatic rings. The summed E-state index contributed by atoms with van der Waals surface area (Å²) in [6, 6.07) is 0. The van der Waals surface area contributed by atoms with Crippen LogP contribution in [0.4, 0.5) is 5.82 Å². The standard InChI is InChI=1S/C18H21N5O2S2/c1-18(2)8-10-11(9-25-18)15(23-4-6-24-7-5-23)19-16-12(10)13-14(27-16)17(26-3)21-22-20-13/h4-9H2,1-3H3. The molecule has 0 N–H and O–H groups in total. The van der Waals surface area contributed by atoms with Gasteiger partial charge in [0.15, 0.2) is 0 Å². The van der Waals surface area contributed by atoms with Crippen molar-refractivity contribution in [3.8, 4) is 0 Å². The monoisotopic (exact) mass is 403 g/mol. The third kappa shape index (κ3) is 2.88. The molecule has 1 saturated heterocycles. The number of nitrogens with zero attached hydrogens (tertiary/aromatic N) is 5. The maximum Gasteiger partial charge on any atom is 0.140 e. The molecule has 7 nitrogen and oxygen atoms in total. The predicted molar refractivity (Wildman–Crippen MR) is 108 cm³/mol. The number of anilines is 1. The summed E-state index contributed by atoms with van der Waals surface area (Å²) in [4.78, 5) is 8.42. The quantitative estimate of drug-likeness (QED) is 0.605. The smallest absolute Gasteiger partial charge is 0.140 e. The molecule has 0 amide bonds. The van der Waals surface area contributed by atoms with Crippen LogP contribution in [-0.4, -0.2) is 58.6 Å². The number of pyridine rings is 1. The van der Waals surface area contributed by atoms with Crippen LogP contribution >= 0.6 is 23.1 Å². The lowest BCUT2D eigenvalue weighted by Crippen LogP contribution is -2.39. The van der Waals surface area contributed by atoms with Gasteiger partial charge < -0.3 is 14.4 Å². The molecule has 0 aromatic carbocycles. The summed E-state index contributed by atoms with van der Waals surface area (Å²) < 4.78 is 12.8. The van der Waals surface area contributed by atoms with E-state index >= 15 is 0 Å². The normalized spacial score (nSPS) is 19.6. The van der Waals surface area contributed by atoms with Gasteiger partial charge in [0.25, 0.3) is 0 Å². The van der Waals surface area contributed by atoms with Crippen LogP contribution in [0.15, 0.2) is 5.03 Å². The van der Waals surface area contributed by atoms with Crippen LogP contribution in [0, 0.1) is 0 Å². The van der Waals surface area contributed by atoms with E-state index in [1.165, 1.54) is 11.1 Å². The first kappa shape index (κ1) is 17.5. The number of thioether (sulfide) groups is 1. The second-order valence-corrected chi connectivity index (χ2v) is 9.27. The van der Waals surface area contributed by atoms with Crippen molar-refractivity contribution in [1.82, 2.24) is 20.4 Å². The number of fused-ring (bicyclic) bond motifs is 5. The van der Waals surface area contributed by atoms with Crippen LogP contribution in [0.2, 0.25) is 0 Å². The van der Waals surface area contributed by atoms with Crippen molar-refractivity contribution in [3.05, 3.63) is 11.1 Å². The minimum Gasteiger partial charge on any atom is -0.378 e. The van der Waals surface area contributed by atoms with Crippen molar-refractivity contribution >= 4 is 49.3 Å². The molecule has 0 unspecified atom stereocenters. The fraction of sp³-hybridized carbons (Fsp3) is 0.556. The number of ether oxygens (including phenoxy) is 2. The molecule has 5 rings (SSSR count). The maximum absolute atomic E-state index is 6.16. The Hall–Kier alpha value is -1.55. The zero-order chi connectivity index (χ0) is 18.6. The van der Waals surface area contributed by atoms with Crippen LogP contribution in [0.3, 0.4) is 0 Å². The number of hydrogen-bond acceptors (Lipinski definition) is 9. The Labute approximate surface area is 165 Å². The van der Waals surface area contributed by atoms with E-state index in [1.807, 2.05) is 6.26 Å². The van der Waals surface area contributed by atoms with E-state index < -0.39 is 0 Å². The Kier molecular flexibility index (Phi) is 4.23. The first-order valence-corrected chi connectivity index (χ1v) is 11.1. The van der Waals surface area contributed by atoms with Gasteiger partial charge in [0.1, 0.15) is 21.2 Å². The van der Waals surface area contributed by atoms with E-state index in [0.29, 0.717) is 6.61 Å².